The lowest BCUT2D eigenvalue weighted by molar-refractivity contribution is 0.354. The van der Waals surface area contributed by atoms with E-state index in [0.717, 1.165) is 11.3 Å². The summed E-state index contributed by atoms with van der Waals surface area (Å²) in [4.78, 5) is 0. The number of hydrogen-bond donors (Lipinski definition) is 1. The predicted molar refractivity (Wildman–Crippen MR) is 80.3 cm³/mol. The highest BCUT2D eigenvalue weighted by Crippen LogP contribution is 2.39. The molecular weight excluding hydrogens is 294 g/mol. The molecule has 0 aliphatic carbocycles. The van der Waals surface area contributed by atoms with Crippen LogP contribution in [0.4, 0.5) is 0 Å². The first-order valence-corrected chi connectivity index (χ1v) is 6.64. The molecule has 0 fully saturated rings. The summed E-state index contributed by atoms with van der Waals surface area (Å²) in [7, 11) is 6.47. The van der Waals surface area contributed by atoms with Crippen molar-refractivity contribution in [1.29, 1.82) is 0 Å². The Morgan fingerprint density at radius 3 is 2.38 bits per heavy atom. The maximum absolute atomic E-state index is 6.33. The summed E-state index contributed by atoms with van der Waals surface area (Å²) in [5, 5.41) is 4.59. The first-order chi connectivity index (χ1) is 10.0. The minimum Gasteiger partial charge on any atom is -0.493 e. The minimum absolute atomic E-state index is 0.434. The molecule has 1 heterocycles. The van der Waals surface area contributed by atoms with Crippen LogP contribution in [0.15, 0.2) is 18.3 Å². The number of nitrogens with zero attached hydrogens (tertiary/aromatic N) is 2. The zero-order valence-corrected chi connectivity index (χ0v) is 13.1. The maximum atomic E-state index is 6.33. The predicted octanol–water partition coefficient (Wildman–Crippen LogP) is 2.15. The van der Waals surface area contributed by atoms with Gasteiger partial charge in [0.1, 0.15) is 5.69 Å². The second-order valence-corrected chi connectivity index (χ2v) is 4.84. The first-order valence-electron chi connectivity index (χ1n) is 6.26. The molecule has 0 aliphatic rings. The van der Waals surface area contributed by atoms with Crippen molar-refractivity contribution in [2.75, 3.05) is 21.3 Å². The van der Waals surface area contributed by atoms with Gasteiger partial charge in [-0.2, -0.15) is 5.10 Å². The molecule has 1 unspecified atom stereocenters. The van der Waals surface area contributed by atoms with Gasteiger partial charge in [0.15, 0.2) is 17.2 Å². The van der Waals surface area contributed by atoms with Crippen molar-refractivity contribution in [3.63, 3.8) is 0 Å². The van der Waals surface area contributed by atoms with Crippen LogP contribution in [0.3, 0.4) is 0 Å². The van der Waals surface area contributed by atoms with Gasteiger partial charge in [0.2, 0.25) is 0 Å². The van der Waals surface area contributed by atoms with E-state index in [1.54, 1.807) is 44.3 Å². The zero-order valence-electron chi connectivity index (χ0n) is 12.4. The molecule has 2 aromatic rings. The van der Waals surface area contributed by atoms with E-state index in [4.69, 9.17) is 31.5 Å². The van der Waals surface area contributed by atoms with E-state index in [1.165, 1.54) is 7.11 Å². The third-order valence-electron chi connectivity index (χ3n) is 3.28. The highest BCUT2D eigenvalue weighted by Gasteiger charge is 2.21. The topological polar surface area (TPSA) is 71.5 Å². The SMILES string of the molecule is COc1cc(C(N)c2c(OC)cnn2C)cc(Cl)c1OC. The van der Waals surface area contributed by atoms with Crippen molar-refractivity contribution < 1.29 is 14.2 Å². The summed E-state index contributed by atoms with van der Waals surface area (Å²) in [6.45, 7) is 0. The number of nitrogens with two attached hydrogens (primary N) is 1. The summed E-state index contributed by atoms with van der Waals surface area (Å²) in [5.41, 5.74) is 7.85. The van der Waals surface area contributed by atoms with Crippen molar-refractivity contribution in [2.24, 2.45) is 12.8 Å². The van der Waals surface area contributed by atoms with Gasteiger partial charge in [-0.15, -0.1) is 0 Å². The number of aromatic nitrogens is 2. The van der Waals surface area contributed by atoms with Crippen LogP contribution in [0.5, 0.6) is 17.2 Å². The molecule has 1 atom stereocenters. The lowest BCUT2D eigenvalue weighted by Crippen LogP contribution is -2.17. The van der Waals surface area contributed by atoms with Gasteiger partial charge in [0.25, 0.3) is 0 Å². The highest BCUT2D eigenvalue weighted by molar-refractivity contribution is 6.32. The molecule has 0 saturated heterocycles. The van der Waals surface area contributed by atoms with E-state index in [2.05, 4.69) is 5.10 Å². The normalized spacial score (nSPS) is 12.1. The smallest absolute Gasteiger partial charge is 0.179 e. The van der Waals surface area contributed by atoms with E-state index in [1.807, 2.05) is 0 Å². The van der Waals surface area contributed by atoms with Gasteiger partial charge in [0, 0.05) is 7.05 Å². The van der Waals surface area contributed by atoms with Crippen molar-refractivity contribution in [3.8, 4) is 17.2 Å². The Labute approximate surface area is 128 Å². The number of benzene rings is 1. The van der Waals surface area contributed by atoms with Gasteiger partial charge < -0.3 is 19.9 Å². The maximum Gasteiger partial charge on any atom is 0.179 e. The fourth-order valence-corrected chi connectivity index (χ4v) is 2.51. The third kappa shape index (κ3) is 2.77. The largest absolute Gasteiger partial charge is 0.493 e. The average molecular weight is 312 g/mol. The van der Waals surface area contributed by atoms with Crippen LogP contribution >= 0.6 is 11.6 Å². The molecule has 21 heavy (non-hydrogen) atoms. The highest BCUT2D eigenvalue weighted by atomic mass is 35.5. The molecule has 0 spiro atoms. The van der Waals surface area contributed by atoms with E-state index < -0.39 is 6.04 Å². The van der Waals surface area contributed by atoms with Crippen LogP contribution in [-0.2, 0) is 7.05 Å². The van der Waals surface area contributed by atoms with Crippen molar-refractivity contribution >= 4 is 11.6 Å². The van der Waals surface area contributed by atoms with Gasteiger partial charge in [-0.1, -0.05) is 11.6 Å². The molecule has 0 aliphatic heterocycles. The summed E-state index contributed by atoms with van der Waals surface area (Å²) < 4.78 is 17.5. The molecule has 0 saturated carbocycles. The molecular formula is C14H18ClN3O3. The number of rotatable bonds is 5. The monoisotopic (exact) mass is 311 g/mol. The molecule has 0 radical (unpaired) electrons. The minimum atomic E-state index is -0.454. The Hall–Kier alpha value is -1.92. The number of methoxy groups -OCH3 is 3. The van der Waals surface area contributed by atoms with E-state index in [9.17, 15) is 0 Å². The molecule has 7 heteroatoms. The fraction of sp³-hybridized carbons (Fsp3) is 0.357. The van der Waals surface area contributed by atoms with Crippen molar-refractivity contribution in [3.05, 3.63) is 34.6 Å². The Bertz CT molecular complexity index is 643. The Morgan fingerprint density at radius 2 is 1.81 bits per heavy atom. The quantitative estimate of drug-likeness (QED) is 0.916. The summed E-state index contributed by atoms with van der Waals surface area (Å²) in [6.07, 6.45) is 1.62. The second-order valence-electron chi connectivity index (χ2n) is 4.44. The van der Waals surface area contributed by atoms with E-state index in [0.29, 0.717) is 22.3 Å². The first kappa shape index (κ1) is 15.5. The summed E-state index contributed by atoms with van der Waals surface area (Å²) in [5.74, 6) is 1.62. The number of ether oxygens (including phenoxy) is 3. The van der Waals surface area contributed by atoms with Crippen LogP contribution in [0, 0.1) is 0 Å². The van der Waals surface area contributed by atoms with Gasteiger partial charge in [-0.05, 0) is 17.7 Å². The number of halogens is 1. The molecule has 6 nitrogen and oxygen atoms in total. The molecule has 2 rings (SSSR count). The van der Waals surface area contributed by atoms with Crippen molar-refractivity contribution in [2.45, 2.75) is 6.04 Å². The summed E-state index contributed by atoms with van der Waals surface area (Å²) in [6, 6.07) is 3.09. The number of hydrogen-bond acceptors (Lipinski definition) is 5. The van der Waals surface area contributed by atoms with Crippen LogP contribution in [0.1, 0.15) is 17.3 Å². The molecule has 1 aromatic carbocycles. The molecule has 0 bridgehead atoms. The van der Waals surface area contributed by atoms with Gasteiger partial charge >= 0.3 is 0 Å². The standard InChI is InChI=1S/C14H18ClN3O3/c1-18-13(11(20-3)7-17-18)12(16)8-5-9(15)14(21-4)10(6-8)19-2/h5-7,12H,16H2,1-4H3. The third-order valence-corrected chi connectivity index (χ3v) is 3.56. The van der Waals surface area contributed by atoms with Crippen LogP contribution in [-0.4, -0.2) is 31.1 Å². The van der Waals surface area contributed by atoms with E-state index in [-0.39, 0.29) is 0 Å². The Balaban J connectivity index is 2.51. The van der Waals surface area contributed by atoms with Crippen LogP contribution < -0.4 is 19.9 Å². The lowest BCUT2D eigenvalue weighted by atomic mass is 10.0. The van der Waals surface area contributed by atoms with Gasteiger partial charge in [0.05, 0.1) is 38.6 Å². The second kappa shape index (κ2) is 6.24. The molecule has 1 aromatic heterocycles. The Morgan fingerprint density at radius 1 is 1.14 bits per heavy atom. The zero-order chi connectivity index (χ0) is 15.6. The van der Waals surface area contributed by atoms with Crippen LogP contribution in [0.2, 0.25) is 5.02 Å². The molecule has 0 amide bonds. The van der Waals surface area contributed by atoms with Gasteiger partial charge in [-0.25, -0.2) is 0 Å². The Kier molecular flexibility index (Phi) is 4.59. The average Bonchev–Trinajstić information content (AvgIpc) is 2.86. The van der Waals surface area contributed by atoms with Gasteiger partial charge in [-0.3, -0.25) is 4.68 Å². The van der Waals surface area contributed by atoms with Crippen molar-refractivity contribution in [1.82, 2.24) is 9.78 Å². The lowest BCUT2D eigenvalue weighted by Gasteiger charge is -2.17. The summed E-state index contributed by atoms with van der Waals surface area (Å²) >= 11 is 6.22. The fourth-order valence-electron chi connectivity index (χ4n) is 2.21. The molecule has 2 N–H and O–H groups in total. The van der Waals surface area contributed by atoms with E-state index >= 15 is 0 Å². The molecule has 114 valence electrons. The van der Waals surface area contributed by atoms with Crippen LogP contribution in [0.25, 0.3) is 0 Å². The number of aryl methyl sites for hydroxylation is 1.